The van der Waals surface area contributed by atoms with Crippen molar-refractivity contribution in [1.82, 2.24) is 5.32 Å². The van der Waals surface area contributed by atoms with Crippen LogP contribution in [0.15, 0.2) is 30.3 Å². The van der Waals surface area contributed by atoms with Crippen molar-refractivity contribution in [3.8, 4) is 17.2 Å². The Morgan fingerprint density at radius 3 is 2.67 bits per heavy atom. The van der Waals surface area contributed by atoms with Crippen LogP contribution in [0.4, 0.5) is 0 Å². The molecule has 0 aromatic heterocycles. The molecule has 1 aliphatic rings. The highest BCUT2D eigenvalue weighted by Crippen LogP contribution is 2.35. The Bertz CT molecular complexity index is 811. The van der Waals surface area contributed by atoms with Crippen LogP contribution in [-0.4, -0.2) is 25.2 Å². The molecule has 0 fully saturated rings. The lowest BCUT2D eigenvalue weighted by Crippen LogP contribution is -2.28. The SMILES string of the molecule is CCOc1cc2c(cc1CNC(=O)COc1c(C)cccc1C)OC(C)C2. The molecule has 2 aromatic carbocycles. The quantitative estimate of drug-likeness (QED) is 0.808. The van der Waals surface area contributed by atoms with Gasteiger partial charge in [-0.1, -0.05) is 18.2 Å². The lowest BCUT2D eigenvalue weighted by molar-refractivity contribution is -0.123. The number of rotatable bonds is 7. The van der Waals surface area contributed by atoms with Crippen molar-refractivity contribution >= 4 is 5.91 Å². The highest BCUT2D eigenvalue weighted by molar-refractivity contribution is 5.77. The summed E-state index contributed by atoms with van der Waals surface area (Å²) in [6.07, 6.45) is 1.05. The summed E-state index contributed by atoms with van der Waals surface area (Å²) < 4.78 is 17.3. The van der Waals surface area contributed by atoms with Gasteiger partial charge in [0.25, 0.3) is 5.91 Å². The maximum atomic E-state index is 12.3. The van der Waals surface area contributed by atoms with E-state index < -0.39 is 0 Å². The molecule has 1 heterocycles. The van der Waals surface area contributed by atoms with Crippen LogP contribution in [0, 0.1) is 13.8 Å². The number of ether oxygens (including phenoxy) is 3. The number of carbonyl (C=O) groups is 1. The predicted octanol–water partition coefficient (Wildman–Crippen LogP) is 3.72. The fourth-order valence-corrected chi connectivity index (χ4v) is 3.32. The average molecular weight is 369 g/mol. The van der Waals surface area contributed by atoms with E-state index in [-0.39, 0.29) is 18.6 Å². The molecule has 1 N–H and O–H groups in total. The normalized spacial score (nSPS) is 15.0. The van der Waals surface area contributed by atoms with E-state index in [0.29, 0.717) is 13.2 Å². The first-order valence-corrected chi connectivity index (χ1v) is 9.39. The molecule has 1 aliphatic heterocycles. The van der Waals surface area contributed by atoms with Gasteiger partial charge in [0.15, 0.2) is 6.61 Å². The van der Waals surface area contributed by atoms with E-state index in [9.17, 15) is 4.79 Å². The fraction of sp³-hybridized carbons (Fsp3) is 0.409. The molecule has 0 radical (unpaired) electrons. The zero-order valence-electron chi connectivity index (χ0n) is 16.4. The summed E-state index contributed by atoms with van der Waals surface area (Å²) in [6.45, 7) is 8.87. The van der Waals surface area contributed by atoms with Crippen molar-refractivity contribution < 1.29 is 19.0 Å². The molecular weight excluding hydrogens is 342 g/mol. The van der Waals surface area contributed by atoms with Gasteiger partial charge in [-0.25, -0.2) is 0 Å². The number of hydrogen-bond donors (Lipinski definition) is 1. The minimum Gasteiger partial charge on any atom is -0.494 e. The summed E-state index contributed by atoms with van der Waals surface area (Å²) >= 11 is 0. The van der Waals surface area contributed by atoms with Crippen LogP contribution in [0.2, 0.25) is 0 Å². The molecule has 2 aromatic rings. The van der Waals surface area contributed by atoms with Gasteiger partial charge in [0.05, 0.1) is 6.61 Å². The largest absolute Gasteiger partial charge is 0.494 e. The highest BCUT2D eigenvalue weighted by atomic mass is 16.5. The monoisotopic (exact) mass is 369 g/mol. The molecule has 0 saturated heterocycles. The van der Waals surface area contributed by atoms with Gasteiger partial charge in [-0.05, 0) is 51.0 Å². The summed E-state index contributed by atoms with van der Waals surface area (Å²) in [5.41, 5.74) is 4.10. The lowest BCUT2D eigenvalue weighted by atomic mass is 10.1. The third-order valence-electron chi connectivity index (χ3n) is 4.61. The molecule has 0 spiro atoms. The molecular formula is C22H27NO4. The third-order valence-corrected chi connectivity index (χ3v) is 4.61. The third kappa shape index (κ3) is 4.54. The number of fused-ring (bicyclic) bond motifs is 1. The number of amides is 1. The minimum absolute atomic E-state index is 0.0197. The maximum Gasteiger partial charge on any atom is 0.258 e. The van der Waals surface area contributed by atoms with E-state index >= 15 is 0 Å². The Balaban J connectivity index is 1.62. The average Bonchev–Trinajstić information content (AvgIpc) is 2.98. The maximum absolute atomic E-state index is 12.3. The fourth-order valence-electron chi connectivity index (χ4n) is 3.32. The summed E-state index contributed by atoms with van der Waals surface area (Å²) in [5, 5.41) is 2.91. The standard InChI is InChI=1S/C22H27NO4/c1-5-25-19-10-17-9-16(4)27-20(17)11-18(19)12-23-21(24)13-26-22-14(2)7-6-8-15(22)3/h6-8,10-11,16H,5,9,12-13H2,1-4H3,(H,23,24). The number of hydrogen-bond acceptors (Lipinski definition) is 4. The van der Waals surface area contributed by atoms with Gasteiger partial charge in [0, 0.05) is 24.1 Å². The van der Waals surface area contributed by atoms with Gasteiger partial charge in [-0.15, -0.1) is 0 Å². The smallest absolute Gasteiger partial charge is 0.258 e. The first kappa shape index (κ1) is 19.1. The molecule has 144 valence electrons. The van der Waals surface area contributed by atoms with Crippen molar-refractivity contribution in [1.29, 1.82) is 0 Å². The Labute approximate surface area is 160 Å². The lowest BCUT2D eigenvalue weighted by Gasteiger charge is -2.14. The molecule has 5 heteroatoms. The topological polar surface area (TPSA) is 56.8 Å². The first-order chi connectivity index (χ1) is 13.0. The number of nitrogens with one attached hydrogen (secondary N) is 1. The zero-order valence-corrected chi connectivity index (χ0v) is 16.4. The van der Waals surface area contributed by atoms with Crippen molar-refractivity contribution in [2.75, 3.05) is 13.2 Å². The summed E-state index contributed by atoms with van der Waals surface area (Å²) in [4.78, 5) is 12.3. The summed E-state index contributed by atoms with van der Waals surface area (Å²) in [6, 6.07) is 9.91. The molecule has 3 rings (SSSR count). The van der Waals surface area contributed by atoms with Crippen LogP contribution in [0.3, 0.4) is 0 Å². The zero-order chi connectivity index (χ0) is 19.4. The molecule has 1 unspecified atom stereocenters. The Morgan fingerprint density at radius 1 is 1.22 bits per heavy atom. The Kier molecular flexibility index (Phi) is 5.89. The molecule has 27 heavy (non-hydrogen) atoms. The van der Waals surface area contributed by atoms with Crippen LogP contribution in [0.1, 0.15) is 36.1 Å². The van der Waals surface area contributed by atoms with Gasteiger partial charge >= 0.3 is 0 Å². The first-order valence-electron chi connectivity index (χ1n) is 9.39. The van der Waals surface area contributed by atoms with Crippen LogP contribution in [0.5, 0.6) is 17.2 Å². The predicted molar refractivity (Wildman–Crippen MR) is 105 cm³/mol. The van der Waals surface area contributed by atoms with Gasteiger partial charge in [0.2, 0.25) is 0 Å². The number of benzene rings is 2. The van der Waals surface area contributed by atoms with Crippen molar-refractivity contribution in [2.24, 2.45) is 0 Å². The molecule has 0 saturated carbocycles. The number of carbonyl (C=O) groups excluding carboxylic acids is 1. The van der Waals surface area contributed by atoms with E-state index in [4.69, 9.17) is 14.2 Å². The van der Waals surface area contributed by atoms with E-state index in [1.807, 2.05) is 58.0 Å². The van der Waals surface area contributed by atoms with Crippen molar-refractivity contribution in [3.63, 3.8) is 0 Å². The van der Waals surface area contributed by atoms with E-state index in [1.54, 1.807) is 0 Å². The molecule has 1 amide bonds. The van der Waals surface area contributed by atoms with Gasteiger partial charge in [0.1, 0.15) is 23.4 Å². The summed E-state index contributed by atoms with van der Waals surface area (Å²) in [7, 11) is 0. The molecule has 5 nitrogen and oxygen atoms in total. The van der Waals surface area contributed by atoms with Gasteiger partial charge in [-0.2, -0.15) is 0 Å². The second-order valence-corrected chi connectivity index (χ2v) is 6.92. The number of aryl methyl sites for hydroxylation is 2. The Hall–Kier alpha value is -2.69. The van der Waals surface area contributed by atoms with Crippen LogP contribution >= 0.6 is 0 Å². The van der Waals surface area contributed by atoms with Crippen LogP contribution in [0.25, 0.3) is 0 Å². The highest BCUT2D eigenvalue weighted by Gasteiger charge is 2.22. The molecule has 0 bridgehead atoms. The van der Waals surface area contributed by atoms with Crippen molar-refractivity contribution in [2.45, 2.75) is 46.8 Å². The van der Waals surface area contributed by atoms with E-state index in [1.165, 1.54) is 0 Å². The minimum atomic E-state index is -0.171. The Morgan fingerprint density at radius 2 is 1.96 bits per heavy atom. The van der Waals surface area contributed by atoms with Crippen LogP contribution < -0.4 is 19.5 Å². The van der Waals surface area contributed by atoms with E-state index in [0.717, 1.165) is 45.9 Å². The molecule has 0 aliphatic carbocycles. The van der Waals surface area contributed by atoms with Crippen LogP contribution in [-0.2, 0) is 17.8 Å². The van der Waals surface area contributed by atoms with Gasteiger partial charge < -0.3 is 19.5 Å². The van der Waals surface area contributed by atoms with Crippen molar-refractivity contribution in [3.05, 3.63) is 52.6 Å². The number of para-hydroxylation sites is 1. The van der Waals surface area contributed by atoms with Gasteiger partial charge in [-0.3, -0.25) is 4.79 Å². The second kappa shape index (κ2) is 8.33. The molecule has 1 atom stereocenters. The summed E-state index contributed by atoms with van der Waals surface area (Å²) in [5.74, 6) is 2.27. The second-order valence-electron chi connectivity index (χ2n) is 6.92. The van der Waals surface area contributed by atoms with E-state index in [2.05, 4.69) is 5.32 Å².